The molecule has 1 aliphatic rings. The summed E-state index contributed by atoms with van der Waals surface area (Å²) in [7, 11) is -3.76. The summed E-state index contributed by atoms with van der Waals surface area (Å²) in [5, 5.41) is -0.219. The third-order valence-electron chi connectivity index (χ3n) is 4.23. The lowest BCUT2D eigenvalue weighted by atomic mass is 10.2. The van der Waals surface area contributed by atoms with E-state index in [1.54, 1.807) is 4.90 Å². The number of carbonyl (C=O) groups is 1. The average molecular weight is 378 g/mol. The Bertz CT molecular complexity index is 884. The molecule has 1 aliphatic heterocycles. The van der Waals surface area contributed by atoms with Crippen LogP contribution in [0.2, 0.25) is 0 Å². The summed E-state index contributed by atoms with van der Waals surface area (Å²) in [6.45, 7) is 5.49. The topological polar surface area (TPSA) is 80.1 Å². The fourth-order valence-corrected chi connectivity index (χ4v) is 4.18. The minimum Gasteiger partial charge on any atom is -0.438 e. The number of amides is 1. The summed E-state index contributed by atoms with van der Waals surface area (Å²) in [5.74, 6) is -0.373. The van der Waals surface area contributed by atoms with Gasteiger partial charge in [-0.1, -0.05) is 12.1 Å². The standard InChI is InChI=1S/C18H22N2O5S/c1-3-20(15-6-4-5-14(2)13-15)18(21)16-7-8-17(25-16)26(22,23)19-9-11-24-12-10-19/h4-8,13H,3,9-12H2,1-2H3. The highest BCUT2D eigenvalue weighted by atomic mass is 32.2. The van der Waals surface area contributed by atoms with Crippen molar-refractivity contribution in [2.75, 3.05) is 37.7 Å². The van der Waals surface area contributed by atoms with E-state index in [2.05, 4.69) is 0 Å². The van der Waals surface area contributed by atoms with Crippen LogP contribution in [-0.2, 0) is 14.8 Å². The van der Waals surface area contributed by atoms with Crippen LogP contribution in [0.25, 0.3) is 0 Å². The van der Waals surface area contributed by atoms with E-state index >= 15 is 0 Å². The molecule has 1 aromatic carbocycles. The predicted molar refractivity (Wildman–Crippen MR) is 96.8 cm³/mol. The van der Waals surface area contributed by atoms with Gasteiger partial charge in [0.2, 0.25) is 5.09 Å². The Balaban J connectivity index is 1.85. The minimum absolute atomic E-state index is 0.000176. The molecule has 0 spiro atoms. The first-order valence-corrected chi connectivity index (χ1v) is 9.93. The molecule has 0 atom stereocenters. The third-order valence-corrected chi connectivity index (χ3v) is 6.00. The lowest BCUT2D eigenvalue weighted by Crippen LogP contribution is -2.40. The van der Waals surface area contributed by atoms with Crippen molar-refractivity contribution in [2.24, 2.45) is 0 Å². The molecule has 140 valence electrons. The molecule has 0 N–H and O–H groups in total. The second kappa shape index (κ2) is 7.61. The van der Waals surface area contributed by atoms with Crippen LogP contribution in [-0.4, -0.2) is 51.5 Å². The van der Waals surface area contributed by atoms with Gasteiger partial charge >= 0.3 is 0 Å². The molecule has 0 bridgehead atoms. The largest absolute Gasteiger partial charge is 0.438 e. The van der Waals surface area contributed by atoms with Crippen molar-refractivity contribution in [1.82, 2.24) is 4.31 Å². The smallest absolute Gasteiger partial charge is 0.294 e. The summed E-state index contributed by atoms with van der Waals surface area (Å²) in [5.41, 5.74) is 1.77. The van der Waals surface area contributed by atoms with Crippen LogP contribution in [0.15, 0.2) is 45.9 Å². The van der Waals surface area contributed by atoms with E-state index in [-0.39, 0.29) is 29.8 Å². The number of morpholine rings is 1. The van der Waals surface area contributed by atoms with Crippen molar-refractivity contribution in [2.45, 2.75) is 18.9 Å². The van der Waals surface area contributed by atoms with Crippen LogP contribution in [0.4, 0.5) is 5.69 Å². The fourth-order valence-electron chi connectivity index (χ4n) is 2.86. The van der Waals surface area contributed by atoms with Gasteiger partial charge in [-0.3, -0.25) is 4.79 Å². The van der Waals surface area contributed by atoms with E-state index in [0.717, 1.165) is 11.3 Å². The van der Waals surface area contributed by atoms with E-state index in [4.69, 9.17) is 9.15 Å². The first kappa shape index (κ1) is 18.6. The van der Waals surface area contributed by atoms with Crippen molar-refractivity contribution in [1.29, 1.82) is 0 Å². The molecule has 2 heterocycles. The number of ether oxygens (including phenoxy) is 1. The van der Waals surface area contributed by atoms with Crippen molar-refractivity contribution in [3.63, 3.8) is 0 Å². The first-order valence-electron chi connectivity index (χ1n) is 8.49. The monoisotopic (exact) mass is 378 g/mol. The third kappa shape index (κ3) is 3.67. The molecular weight excluding hydrogens is 356 g/mol. The number of furan rings is 1. The number of hydrogen-bond acceptors (Lipinski definition) is 5. The highest BCUT2D eigenvalue weighted by molar-refractivity contribution is 7.89. The zero-order valence-electron chi connectivity index (χ0n) is 14.8. The van der Waals surface area contributed by atoms with Gasteiger partial charge in [-0.05, 0) is 43.7 Å². The van der Waals surface area contributed by atoms with Crippen LogP contribution in [0.3, 0.4) is 0 Å². The van der Waals surface area contributed by atoms with Gasteiger partial charge in [0.1, 0.15) is 0 Å². The molecule has 1 aromatic heterocycles. The predicted octanol–water partition coefficient (Wildman–Crippen LogP) is 2.28. The van der Waals surface area contributed by atoms with Gasteiger partial charge in [-0.15, -0.1) is 0 Å². The summed E-state index contributed by atoms with van der Waals surface area (Å²) >= 11 is 0. The summed E-state index contributed by atoms with van der Waals surface area (Å²) in [6, 6.07) is 10.3. The lowest BCUT2D eigenvalue weighted by molar-refractivity contribution is 0.0723. The molecule has 26 heavy (non-hydrogen) atoms. The van der Waals surface area contributed by atoms with E-state index in [1.807, 2.05) is 38.1 Å². The molecule has 1 amide bonds. The van der Waals surface area contributed by atoms with E-state index in [9.17, 15) is 13.2 Å². The first-order chi connectivity index (χ1) is 12.4. The van der Waals surface area contributed by atoms with Crippen LogP contribution < -0.4 is 4.90 Å². The average Bonchev–Trinajstić information content (AvgIpc) is 3.14. The van der Waals surface area contributed by atoms with Crippen molar-refractivity contribution in [3.8, 4) is 0 Å². The highest BCUT2D eigenvalue weighted by Crippen LogP contribution is 2.23. The van der Waals surface area contributed by atoms with Gasteiger partial charge in [0.25, 0.3) is 15.9 Å². The molecule has 0 saturated carbocycles. The number of sulfonamides is 1. The maximum Gasteiger partial charge on any atom is 0.294 e. The molecule has 3 rings (SSSR count). The zero-order valence-corrected chi connectivity index (χ0v) is 15.7. The number of rotatable bonds is 5. The van der Waals surface area contributed by atoms with Crippen LogP contribution >= 0.6 is 0 Å². The number of aryl methyl sites for hydroxylation is 1. The van der Waals surface area contributed by atoms with E-state index in [0.29, 0.717) is 19.8 Å². The quantitative estimate of drug-likeness (QED) is 0.797. The maximum atomic E-state index is 12.8. The Morgan fingerprint density at radius 2 is 1.92 bits per heavy atom. The van der Waals surface area contributed by atoms with Gasteiger partial charge in [0.15, 0.2) is 5.76 Å². The van der Waals surface area contributed by atoms with Crippen LogP contribution in [0.1, 0.15) is 23.0 Å². The number of anilines is 1. The second-order valence-electron chi connectivity index (χ2n) is 6.02. The van der Waals surface area contributed by atoms with Crippen LogP contribution in [0.5, 0.6) is 0 Å². The molecule has 2 aromatic rings. The summed E-state index contributed by atoms with van der Waals surface area (Å²) in [6.07, 6.45) is 0. The number of carbonyl (C=O) groups excluding carboxylic acids is 1. The Kier molecular flexibility index (Phi) is 5.45. The van der Waals surface area contributed by atoms with E-state index in [1.165, 1.54) is 16.4 Å². The molecule has 8 heteroatoms. The molecule has 0 radical (unpaired) electrons. The van der Waals surface area contributed by atoms with Crippen molar-refractivity contribution >= 4 is 21.6 Å². The number of hydrogen-bond donors (Lipinski definition) is 0. The Labute approximate surface area is 153 Å². The number of benzene rings is 1. The van der Waals surface area contributed by atoms with Gasteiger partial charge in [-0.2, -0.15) is 4.31 Å². The Hall–Kier alpha value is -2.16. The molecular formula is C18H22N2O5S. The van der Waals surface area contributed by atoms with Crippen molar-refractivity contribution < 1.29 is 22.4 Å². The van der Waals surface area contributed by atoms with Gasteiger partial charge in [-0.25, -0.2) is 8.42 Å². The van der Waals surface area contributed by atoms with E-state index < -0.39 is 10.0 Å². The maximum absolute atomic E-state index is 12.8. The SMILES string of the molecule is CCN(C(=O)c1ccc(S(=O)(=O)N2CCOCC2)o1)c1cccc(C)c1. The van der Waals surface area contributed by atoms with Gasteiger partial charge < -0.3 is 14.1 Å². The fraction of sp³-hybridized carbons (Fsp3) is 0.389. The highest BCUT2D eigenvalue weighted by Gasteiger charge is 2.30. The summed E-state index contributed by atoms with van der Waals surface area (Å²) in [4.78, 5) is 14.4. The molecule has 0 aliphatic carbocycles. The number of nitrogens with zero attached hydrogens (tertiary/aromatic N) is 2. The second-order valence-corrected chi connectivity index (χ2v) is 7.89. The lowest BCUT2D eigenvalue weighted by Gasteiger charge is -2.24. The normalized spacial score (nSPS) is 15.8. The minimum atomic E-state index is -3.76. The van der Waals surface area contributed by atoms with Gasteiger partial charge in [0.05, 0.1) is 13.2 Å². The Morgan fingerprint density at radius 1 is 1.19 bits per heavy atom. The molecule has 0 unspecified atom stereocenters. The molecule has 1 fully saturated rings. The zero-order chi connectivity index (χ0) is 18.7. The van der Waals surface area contributed by atoms with Gasteiger partial charge in [0, 0.05) is 25.3 Å². The summed E-state index contributed by atoms with van der Waals surface area (Å²) < 4.78 is 37.2. The molecule has 1 saturated heterocycles. The van der Waals surface area contributed by atoms with Crippen LogP contribution in [0, 0.1) is 6.92 Å². The Morgan fingerprint density at radius 3 is 2.58 bits per heavy atom. The molecule has 7 nitrogen and oxygen atoms in total. The van der Waals surface area contributed by atoms with Crippen molar-refractivity contribution in [3.05, 3.63) is 47.7 Å².